The number of carboxylic acids is 1. The van der Waals surface area contributed by atoms with Gasteiger partial charge in [-0.25, -0.2) is 8.42 Å². The number of carbonyl (C=O) groups is 2. The highest BCUT2D eigenvalue weighted by Crippen LogP contribution is 2.08. The highest BCUT2D eigenvalue weighted by molar-refractivity contribution is 7.89. The van der Waals surface area contributed by atoms with Gasteiger partial charge in [0.1, 0.15) is 0 Å². The minimum absolute atomic E-state index is 0.196. The number of nitrogens with zero attached hydrogens (tertiary/aromatic N) is 2. The van der Waals surface area contributed by atoms with Crippen molar-refractivity contribution in [2.24, 2.45) is 0 Å². The lowest BCUT2D eigenvalue weighted by Crippen LogP contribution is -2.51. The number of rotatable bonds is 4. The standard InChI is InChI=1S/C8H14N2O5S/c1-9-3-4-10(6-7(9)11)16(14,15)5-2-8(12)13/h2-6H2,1H3,(H,12,13). The maximum absolute atomic E-state index is 11.6. The molecule has 0 unspecified atom stereocenters. The first-order valence-corrected chi connectivity index (χ1v) is 6.37. The Morgan fingerprint density at radius 3 is 2.56 bits per heavy atom. The molecule has 0 bridgehead atoms. The third-order valence-electron chi connectivity index (χ3n) is 2.39. The molecule has 0 spiro atoms. The number of sulfonamides is 1. The van der Waals surface area contributed by atoms with Gasteiger partial charge in [-0.1, -0.05) is 0 Å². The Hall–Kier alpha value is -1.15. The van der Waals surface area contributed by atoms with Crippen molar-refractivity contribution in [3.63, 3.8) is 0 Å². The number of piperazine rings is 1. The van der Waals surface area contributed by atoms with Gasteiger partial charge in [0.15, 0.2) is 0 Å². The van der Waals surface area contributed by atoms with E-state index in [0.29, 0.717) is 6.54 Å². The van der Waals surface area contributed by atoms with Crippen LogP contribution in [-0.4, -0.2) is 67.0 Å². The lowest BCUT2D eigenvalue weighted by Gasteiger charge is -2.31. The fraction of sp³-hybridized carbons (Fsp3) is 0.750. The van der Waals surface area contributed by atoms with E-state index in [1.165, 1.54) is 4.90 Å². The van der Waals surface area contributed by atoms with Gasteiger partial charge in [0, 0.05) is 20.1 Å². The Bertz CT molecular complexity index is 391. The second-order valence-electron chi connectivity index (χ2n) is 3.61. The quantitative estimate of drug-likeness (QED) is 0.659. The lowest BCUT2D eigenvalue weighted by molar-refractivity contribution is -0.136. The summed E-state index contributed by atoms with van der Waals surface area (Å²) in [6.07, 6.45) is -0.442. The zero-order valence-electron chi connectivity index (χ0n) is 8.92. The van der Waals surface area contributed by atoms with Gasteiger partial charge in [-0.05, 0) is 0 Å². The number of hydrogen-bond acceptors (Lipinski definition) is 4. The third-order valence-corrected chi connectivity index (χ3v) is 4.21. The fourth-order valence-corrected chi connectivity index (χ4v) is 2.68. The predicted octanol–water partition coefficient (Wildman–Crippen LogP) is -1.44. The first kappa shape index (κ1) is 12.9. The molecule has 1 aliphatic heterocycles. The van der Waals surface area contributed by atoms with E-state index in [1.54, 1.807) is 7.05 Å². The van der Waals surface area contributed by atoms with E-state index in [2.05, 4.69) is 0 Å². The van der Waals surface area contributed by atoms with Gasteiger partial charge >= 0.3 is 5.97 Å². The molecule has 92 valence electrons. The van der Waals surface area contributed by atoms with Crippen LogP contribution in [0.3, 0.4) is 0 Å². The fourth-order valence-electron chi connectivity index (χ4n) is 1.32. The van der Waals surface area contributed by atoms with Crippen LogP contribution in [0.2, 0.25) is 0 Å². The van der Waals surface area contributed by atoms with Gasteiger partial charge in [0.25, 0.3) is 0 Å². The average molecular weight is 250 g/mol. The van der Waals surface area contributed by atoms with Crippen molar-refractivity contribution in [1.82, 2.24) is 9.21 Å². The Morgan fingerprint density at radius 2 is 2.06 bits per heavy atom. The van der Waals surface area contributed by atoms with E-state index in [1.807, 2.05) is 0 Å². The van der Waals surface area contributed by atoms with Gasteiger partial charge in [-0.2, -0.15) is 4.31 Å². The largest absolute Gasteiger partial charge is 0.481 e. The molecular formula is C8H14N2O5S. The Labute approximate surface area is 93.7 Å². The van der Waals surface area contributed by atoms with Crippen LogP contribution in [0.1, 0.15) is 6.42 Å². The zero-order valence-corrected chi connectivity index (χ0v) is 9.73. The lowest BCUT2D eigenvalue weighted by atomic mass is 10.4. The third kappa shape index (κ3) is 3.17. The van der Waals surface area contributed by atoms with Crippen LogP contribution in [0.5, 0.6) is 0 Å². The van der Waals surface area contributed by atoms with E-state index in [4.69, 9.17) is 5.11 Å². The van der Waals surface area contributed by atoms with Crippen molar-refractivity contribution >= 4 is 21.9 Å². The van der Waals surface area contributed by atoms with Crippen LogP contribution in [0.15, 0.2) is 0 Å². The molecule has 0 atom stereocenters. The van der Waals surface area contributed by atoms with Gasteiger partial charge in [-0.3, -0.25) is 9.59 Å². The maximum Gasteiger partial charge on any atom is 0.304 e. The molecule has 8 heteroatoms. The summed E-state index contributed by atoms with van der Waals surface area (Å²) in [6.45, 7) is 0.369. The summed E-state index contributed by atoms with van der Waals surface area (Å²) < 4.78 is 24.3. The second kappa shape index (κ2) is 4.79. The summed E-state index contributed by atoms with van der Waals surface area (Å²) in [5.74, 6) is -1.89. The first-order chi connectivity index (χ1) is 7.33. The summed E-state index contributed by atoms with van der Waals surface area (Å²) in [5, 5.41) is 8.41. The molecule has 1 aliphatic rings. The van der Waals surface area contributed by atoms with Crippen LogP contribution in [0, 0.1) is 0 Å². The maximum atomic E-state index is 11.6. The minimum Gasteiger partial charge on any atom is -0.481 e. The van der Waals surface area contributed by atoms with Crippen LogP contribution in [0.25, 0.3) is 0 Å². The molecule has 7 nitrogen and oxygen atoms in total. The minimum atomic E-state index is -3.63. The summed E-state index contributed by atoms with van der Waals surface area (Å²) in [6, 6.07) is 0. The van der Waals surface area contributed by atoms with E-state index >= 15 is 0 Å². The number of amides is 1. The molecule has 1 heterocycles. The Morgan fingerprint density at radius 1 is 1.44 bits per heavy atom. The number of carbonyl (C=O) groups excluding carboxylic acids is 1. The molecule has 16 heavy (non-hydrogen) atoms. The van der Waals surface area contributed by atoms with E-state index in [9.17, 15) is 18.0 Å². The molecule has 1 saturated heterocycles. The highest BCUT2D eigenvalue weighted by Gasteiger charge is 2.30. The first-order valence-electron chi connectivity index (χ1n) is 4.76. The molecular weight excluding hydrogens is 236 g/mol. The van der Waals surface area contributed by atoms with Crippen molar-refractivity contribution in [2.75, 3.05) is 32.4 Å². The summed E-state index contributed by atoms with van der Waals surface area (Å²) >= 11 is 0. The van der Waals surface area contributed by atoms with Crippen molar-refractivity contribution < 1.29 is 23.1 Å². The van der Waals surface area contributed by atoms with Gasteiger partial charge in [0.05, 0.1) is 18.7 Å². The topological polar surface area (TPSA) is 95.0 Å². The smallest absolute Gasteiger partial charge is 0.304 e. The molecule has 0 aliphatic carbocycles. The summed E-state index contributed by atoms with van der Waals surface area (Å²) in [5.41, 5.74) is 0. The molecule has 1 fully saturated rings. The number of likely N-dealkylation sites (N-methyl/N-ethyl adjacent to an activating group) is 1. The van der Waals surface area contributed by atoms with Gasteiger partial charge in [0.2, 0.25) is 15.9 Å². The monoisotopic (exact) mass is 250 g/mol. The Kier molecular flexibility index (Phi) is 3.87. The molecule has 0 saturated carbocycles. The molecule has 1 N–H and O–H groups in total. The number of carboxylic acid groups (broad SMARTS) is 1. The molecule has 0 aromatic carbocycles. The van der Waals surface area contributed by atoms with Crippen molar-refractivity contribution in [2.45, 2.75) is 6.42 Å². The van der Waals surface area contributed by atoms with Crippen LogP contribution >= 0.6 is 0 Å². The summed E-state index contributed by atoms with van der Waals surface area (Å²) in [4.78, 5) is 23.0. The van der Waals surface area contributed by atoms with Gasteiger partial charge < -0.3 is 10.0 Å². The van der Waals surface area contributed by atoms with Crippen molar-refractivity contribution in [1.29, 1.82) is 0 Å². The van der Waals surface area contributed by atoms with Crippen LogP contribution in [-0.2, 0) is 19.6 Å². The van der Waals surface area contributed by atoms with E-state index < -0.39 is 28.2 Å². The van der Waals surface area contributed by atoms with Crippen molar-refractivity contribution in [3.05, 3.63) is 0 Å². The molecule has 0 aromatic rings. The molecule has 0 radical (unpaired) electrons. The normalized spacial score (nSPS) is 18.8. The van der Waals surface area contributed by atoms with E-state index in [-0.39, 0.29) is 19.0 Å². The predicted molar refractivity (Wildman–Crippen MR) is 55.2 cm³/mol. The Balaban J connectivity index is 2.63. The van der Waals surface area contributed by atoms with E-state index in [0.717, 1.165) is 4.31 Å². The second-order valence-corrected chi connectivity index (χ2v) is 5.70. The van der Waals surface area contributed by atoms with Gasteiger partial charge in [-0.15, -0.1) is 0 Å². The zero-order chi connectivity index (χ0) is 12.3. The molecule has 1 rings (SSSR count). The van der Waals surface area contributed by atoms with Crippen LogP contribution < -0.4 is 0 Å². The average Bonchev–Trinajstić information content (AvgIpc) is 2.19. The number of hydrogen-bond donors (Lipinski definition) is 1. The highest BCUT2D eigenvalue weighted by atomic mass is 32.2. The van der Waals surface area contributed by atoms with Crippen molar-refractivity contribution in [3.8, 4) is 0 Å². The SMILES string of the molecule is CN1CCN(S(=O)(=O)CCC(=O)O)CC1=O. The van der Waals surface area contributed by atoms with Crippen LogP contribution in [0.4, 0.5) is 0 Å². The summed E-state index contributed by atoms with van der Waals surface area (Å²) in [7, 11) is -2.03. The number of aliphatic carboxylic acids is 1. The molecule has 1 amide bonds. The molecule has 0 aromatic heterocycles.